The number of benzene rings is 1. The van der Waals surface area contributed by atoms with Gasteiger partial charge in [-0.3, -0.25) is 0 Å². The largest absolute Gasteiger partial charge is 0.383 e. The first kappa shape index (κ1) is 22.9. The molecular formula is C20H34N4O2S2. The highest BCUT2D eigenvalue weighted by molar-refractivity contribution is 7.89. The second kappa shape index (κ2) is 10.4. The maximum absolute atomic E-state index is 12.5. The molecule has 0 unspecified atom stereocenters. The number of rotatable bonds is 8. The number of sulfonamides is 1. The standard InChI is InChI=1S/C20H34N4O2S2/c1-5-6-13-21-18-12-11-16(28(25,26)24(3)4)14-19(18)23-20(27)22-17-10-8-7-9-15(17)2/h11-12,14-15,17,21H,5-10,13H2,1-4H3,(H2,22,23,27)/t15-,17-/m1/s1. The van der Waals surface area contributed by atoms with Crippen molar-refractivity contribution in [3.63, 3.8) is 0 Å². The third-order valence-electron chi connectivity index (χ3n) is 5.29. The summed E-state index contributed by atoms with van der Waals surface area (Å²) in [5, 5.41) is 10.6. The molecule has 0 aliphatic heterocycles. The molecule has 0 saturated heterocycles. The Balaban J connectivity index is 2.20. The minimum absolute atomic E-state index is 0.245. The summed E-state index contributed by atoms with van der Waals surface area (Å²) in [5.41, 5.74) is 1.53. The first-order valence-corrected chi connectivity index (χ1v) is 12.0. The summed E-state index contributed by atoms with van der Waals surface area (Å²) in [6.45, 7) is 5.21. The molecule has 8 heteroatoms. The Hall–Kier alpha value is -1.38. The van der Waals surface area contributed by atoms with E-state index >= 15 is 0 Å². The predicted molar refractivity (Wildman–Crippen MR) is 121 cm³/mol. The van der Waals surface area contributed by atoms with Gasteiger partial charge in [-0.25, -0.2) is 12.7 Å². The lowest BCUT2D eigenvalue weighted by atomic mass is 9.86. The zero-order valence-corrected chi connectivity index (χ0v) is 19.0. The fourth-order valence-corrected chi connectivity index (χ4v) is 4.60. The molecule has 0 bridgehead atoms. The van der Waals surface area contributed by atoms with Crippen LogP contribution in [0.3, 0.4) is 0 Å². The van der Waals surface area contributed by atoms with E-state index in [1.807, 2.05) is 0 Å². The third-order valence-corrected chi connectivity index (χ3v) is 7.32. The lowest BCUT2D eigenvalue weighted by Gasteiger charge is -2.30. The Morgan fingerprint density at radius 3 is 2.57 bits per heavy atom. The quantitative estimate of drug-likeness (QED) is 0.431. The number of hydrogen-bond donors (Lipinski definition) is 3. The number of anilines is 2. The van der Waals surface area contributed by atoms with Crippen molar-refractivity contribution in [1.82, 2.24) is 9.62 Å². The molecule has 0 aromatic heterocycles. The Morgan fingerprint density at radius 1 is 1.21 bits per heavy atom. The lowest BCUT2D eigenvalue weighted by Crippen LogP contribution is -2.43. The van der Waals surface area contributed by atoms with Crippen molar-refractivity contribution >= 4 is 38.7 Å². The van der Waals surface area contributed by atoms with Crippen molar-refractivity contribution in [1.29, 1.82) is 0 Å². The van der Waals surface area contributed by atoms with Crippen LogP contribution in [0.5, 0.6) is 0 Å². The molecule has 0 amide bonds. The van der Waals surface area contributed by atoms with Gasteiger partial charge in [0.05, 0.1) is 16.3 Å². The van der Waals surface area contributed by atoms with Crippen molar-refractivity contribution < 1.29 is 8.42 Å². The van der Waals surface area contributed by atoms with Gasteiger partial charge in [0.1, 0.15) is 0 Å². The van der Waals surface area contributed by atoms with Gasteiger partial charge in [0.25, 0.3) is 0 Å². The Bertz CT molecular complexity index is 765. The molecule has 1 saturated carbocycles. The van der Waals surface area contributed by atoms with Gasteiger partial charge in [-0.1, -0.05) is 33.1 Å². The molecule has 1 aliphatic carbocycles. The first-order valence-electron chi connectivity index (χ1n) is 10.1. The topological polar surface area (TPSA) is 73.5 Å². The number of unbranched alkanes of at least 4 members (excludes halogenated alkanes) is 1. The van der Waals surface area contributed by atoms with E-state index in [9.17, 15) is 8.42 Å². The molecule has 1 aromatic carbocycles. The van der Waals surface area contributed by atoms with E-state index in [0.29, 0.717) is 22.8 Å². The molecule has 6 nitrogen and oxygen atoms in total. The molecule has 28 heavy (non-hydrogen) atoms. The molecule has 0 radical (unpaired) electrons. The van der Waals surface area contributed by atoms with E-state index in [2.05, 4.69) is 29.8 Å². The van der Waals surface area contributed by atoms with Gasteiger partial charge in [0.2, 0.25) is 10.0 Å². The maximum atomic E-state index is 12.5. The Labute approximate surface area is 175 Å². The van der Waals surface area contributed by atoms with Crippen LogP contribution in [-0.4, -0.2) is 44.5 Å². The van der Waals surface area contributed by atoms with Crippen molar-refractivity contribution in [2.75, 3.05) is 31.3 Å². The second-order valence-electron chi connectivity index (χ2n) is 7.74. The molecule has 1 fully saturated rings. The summed E-state index contributed by atoms with van der Waals surface area (Å²) in [4.78, 5) is 0.245. The molecule has 1 aromatic rings. The summed E-state index contributed by atoms with van der Waals surface area (Å²) < 4.78 is 26.3. The van der Waals surface area contributed by atoms with Crippen molar-refractivity contribution in [3.8, 4) is 0 Å². The van der Waals surface area contributed by atoms with E-state index < -0.39 is 10.0 Å². The van der Waals surface area contributed by atoms with Crippen LogP contribution >= 0.6 is 12.2 Å². The predicted octanol–water partition coefficient (Wildman–Crippen LogP) is 4.01. The minimum atomic E-state index is -3.51. The van der Waals surface area contributed by atoms with Crippen LogP contribution in [-0.2, 0) is 10.0 Å². The van der Waals surface area contributed by atoms with Crippen molar-refractivity contribution in [2.45, 2.75) is 63.3 Å². The van der Waals surface area contributed by atoms with E-state index in [-0.39, 0.29) is 4.90 Å². The second-order valence-corrected chi connectivity index (χ2v) is 10.3. The molecule has 2 atom stereocenters. The smallest absolute Gasteiger partial charge is 0.242 e. The fraction of sp³-hybridized carbons (Fsp3) is 0.650. The summed E-state index contributed by atoms with van der Waals surface area (Å²) in [6.07, 6.45) is 6.93. The van der Waals surface area contributed by atoms with Crippen LogP contribution in [0.2, 0.25) is 0 Å². The van der Waals surface area contributed by atoms with Gasteiger partial charge in [-0.15, -0.1) is 0 Å². The maximum Gasteiger partial charge on any atom is 0.242 e. The molecule has 3 N–H and O–H groups in total. The zero-order valence-electron chi connectivity index (χ0n) is 17.4. The molecule has 0 spiro atoms. The van der Waals surface area contributed by atoms with Gasteiger partial charge >= 0.3 is 0 Å². The SMILES string of the molecule is CCCCNc1ccc(S(=O)(=O)N(C)C)cc1NC(=S)N[C@@H]1CCCC[C@H]1C. The third kappa shape index (κ3) is 6.06. The summed E-state index contributed by atoms with van der Waals surface area (Å²) >= 11 is 5.54. The highest BCUT2D eigenvalue weighted by Crippen LogP contribution is 2.28. The molecular weight excluding hydrogens is 392 g/mol. The Morgan fingerprint density at radius 2 is 1.93 bits per heavy atom. The van der Waals surface area contributed by atoms with E-state index in [0.717, 1.165) is 31.5 Å². The van der Waals surface area contributed by atoms with Crippen LogP contribution in [0.1, 0.15) is 52.4 Å². The fourth-order valence-electron chi connectivity index (χ4n) is 3.41. The number of hydrogen-bond acceptors (Lipinski definition) is 4. The normalized spacial score (nSPS) is 20.0. The van der Waals surface area contributed by atoms with Crippen molar-refractivity contribution in [3.05, 3.63) is 18.2 Å². The highest BCUT2D eigenvalue weighted by atomic mass is 32.2. The van der Waals surface area contributed by atoms with Crippen LogP contribution in [0.25, 0.3) is 0 Å². The average Bonchev–Trinajstić information content (AvgIpc) is 2.64. The molecule has 2 rings (SSSR count). The molecule has 0 heterocycles. The highest BCUT2D eigenvalue weighted by Gasteiger charge is 2.23. The van der Waals surface area contributed by atoms with Crippen LogP contribution in [0, 0.1) is 5.92 Å². The van der Waals surface area contributed by atoms with Crippen LogP contribution < -0.4 is 16.0 Å². The van der Waals surface area contributed by atoms with E-state index in [1.54, 1.807) is 18.2 Å². The lowest BCUT2D eigenvalue weighted by molar-refractivity contribution is 0.309. The monoisotopic (exact) mass is 426 g/mol. The van der Waals surface area contributed by atoms with Gasteiger partial charge in [-0.2, -0.15) is 0 Å². The van der Waals surface area contributed by atoms with Crippen LogP contribution in [0.4, 0.5) is 11.4 Å². The van der Waals surface area contributed by atoms with Gasteiger partial charge < -0.3 is 16.0 Å². The molecule has 1 aliphatic rings. The Kier molecular flexibility index (Phi) is 8.52. The summed E-state index contributed by atoms with van der Waals surface area (Å²) in [6, 6.07) is 5.45. The minimum Gasteiger partial charge on any atom is -0.383 e. The zero-order chi connectivity index (χ0) is 20.7. The number of nitrogens with one attached hydrogen (secondary N) is 3. The summed E-state index contributed by atoms with van der Waals surface area (Å²) in [5.74, 6) is 0.580. The van der Waals surface area contributed by atoms with Gasteiger partial charge in [0, 0.05) is 26.7 Å². The van der Waals surface area contributed by atoms with Gasteiger partial charge in [-0.05, 0) is 55.6 Å². The van der Waals surface area contributed by atoms with E-state index in [1.165, 1.54) is 37.7 Å². The average molecular weight is 427 g/mol. The molecule has 158 valence electrons. The number of thiocarbonyl (C=S) groups is 1. The van der Waals surface area contributed by atoms with Crippen LogP contribution in [0.15, 0.2) is 23.1 Å². The van der Waals surface area contributed by atoms with Crippen molar-refractivity contribution in [2.24, 2.45) is 5.92 Å². The number of nitrogens with zero attached hydrogens (tertiary/aromatic N) is 1. The van der Waals surface area contributed by atoms with Gasteiger partial charge in [0.15, 0.2) is 5.11 Å². The summed E-state index contributed by atoms with van der Waals surface area (Å²) in [7, 11) is -0.443. The van der Waals surface area contributed by atoms with E-state index in [4.69, 9.17) is 12.2 Å². The first-order chi connectivity index (χ1) is 13.3.